The number of halogens is 1. The molecule has 364 valence electrons. The number of aromatic nitrogens is 3. The number of ether oxygens (including phenoxy) is 1. The Morgan fingerprint density at radius 1 is 0.957 bits per heavy atom. The Morgan fingerprint density at radius 3 is 2.26 bits per heavy atom. The molecule has 1 atom stereocenters. The predicted octanol–water partition coefficient (Wildman–Crippen LogP) is 10.7. The van der Waals surface area contributed by atoms with Crippen LogP contribution in [0.1, 0.15) is 102 Å². The summed E-state index contributed by atoms with van der Waals surface area (Å²) in [6.45, 7) is 20.8. The Hall–Kier alpha value is -6.82. The van der Waals surface area contributed by atoms with Gasteiger partial charge in [-0.25, -0.2) is 14.1 Å². The van der Waals surface area contributed by atoms with E-state index in [9.17, 15) is 15.0 Å². The number of hydrogen-bond donors (Lipinski definition) is 4. The number of amidine groups is 1. The number of pyridine rings is 1. The van der Waals surface area contributed by atoms with Crippen LogP contribution in [0.2, 0.25) is 0 Å². The maximum Gasteiger partial charge on any atom is 0.325 e. The number of aromatic hydroxyl groups is 2. The highest BCUT2D eigenvalue weighted by molar-refractivity contribution is 6.22. The van der Waals surface area contributed by atoms with Gasteiger partial charge in [0.05, 0.1) is 16.6 Å². The molecule has 5 N–H and O–H groups in total. The van der Waals surface area contributed by atoms with Gasteiger partial charge in [0, 0.05) is 81.1 Å². The average Bonchev–Trinajstić information content (AvgIpc) is 3.33. The molecule has 0 spiro atoms. The van der Waals surface area contributed by atoms with Gasteiger partial charge in [0.15, 0.2) is 5.82 Å². The van der Waals surface area contributed by atoms with Gasteiger partial charge in [-0.1, -0.05) is 109 Å². The molecule has 7 rings (SSSR count). The third kappa shape index (κ3) is 12.1. The number of carbonyl (C=O) groups is 1. The van der Waals surface area contributed by atoms with Crippen LogP contribution in [0, 0.1) is 29.5 Å². The molecule has 6 aromatic rings. The quantitative estimate of drug-likeness (QED) is 0.0392. The van der Waals surface area contributed by atoms with Crippen molar-refractivity contribution in [2.24, 2.45) is 11.7 Å². The maximum absolute atomic E-state index is 17.0. The topological polar surface area (TPSA) is 168 Å². The standard InChI is InChI=1S/C52H60FN9O4.C3H8/c1-7-13-34(8-2)32-61(10-4)50-42-30-56-47(39-17-12-16-37-15-11-14-36(9-3)45(37)39)46(53)48(42)57-52(58-50)66-27-26-59-22-24-60(25-23-59)31-35-18-20-38(21-19-35)62(51(55)65)49(54)41-28-40(33(5)6)43(63)29-44(41)64;1-3-2/h3,11-12,14-21,28-30,33-34,54,63-64H,7-8,10,13,22-27,31-32H2,1-2,4-6H3,(H2,55,65);3H2,1-2H3. The van der Waals surface area contributed by atoms with Crippen LogP contribution in [0.15, 0.2) is 79.0 Å². The Bertz CT molecular complexity index is 2760. The summed E-state index contributed by atoms with van der Waals surface area (Å²) in [6, 6.07) is 20.6. The fourth-order valence-corrected chi connectivity index (χ4v) is 8.86. The molecular weight excluding hydrogens is 870 g/mol. The summed E-state index contributed by atoms with van der Waals surface area (Å²) in [5.74, 6) is 2.46. The van der Waals surface area contributed by atoms with Crippen molar-refractivity contribution in [2.75, 3.05) is 62.2 Å². The highest BCUT2D eigenvalue weighted by Crippen LogP contribution is 2.37. The minimum Gasteiger partial charge on any atom is -0.508 e. The largest absolute Gasteiger partial charge is 0.508 e. The van der Waals surface area contributed by atoms with E-state index in [0.29, 0.717) is 65.7 Å². The van der Waals surface area contributed by atoms with E-state index in [0.717, 1.165) is 73.2 Å². The third-order valence-electron chi connectivity index (χ3n) is 12.6. The number of fused-ring (bicyclic) bond motifs is 2. The van der Waals surface area contributed by atoms with E-state index in [4.69, 9.17) is 37.3 Å². The number of primary amides is 1. The average molecular weight is 938 g/mol. The smallest absolute Gasteiger partial charge is 0.325 e. The molecule has 0 saturated carbocycles. The van der Waals surface area contributed by atoms with Gasteiger partial charge >= 0.3 is 12.0 Å². The molecule has 1 aliphatic rings. The first-order valence-electron chi connectivity index (χ1n) is 24.3. The zero-order valence-electron chi connectivity index (χ0n) is 41.2. The van der Waals surface area contributed by atoms with E-state index in [-0.39, 0.29) is 46.0 Å². The fraction of sp³-hybridized carbons (Fsp3) is 0.400. The number of rotatable bonds is 17. The number of phenolic OH excluding ortho intramolecular Hbond substituents is 2. The summed E-state index contributed by atoms with van der Waals surface area (Å²) in [4.78, 5) is 34.8. The first kappa shape index (κ1) is 51.6. The van der Waals surface area contributed by atoms with Gasteiger partial charge in [-0.15, -0.1) is 6.42 Å². The summed E-state index contributed by atoms with van der Waals surface area (Å²) in [5.41, 5.74) is 9.35. The minimum absolute atomic E-state index is 0.0784. The van der Waals surface area contributed by atoms with Crippen LogP contribution in [-0.2, 0) is 6.54 Å². The Labute approximate surface area is 406 Å². The SMILES string of the molecule is C#Cc1cccc2cccc(-c3ncc4c(N(CC)CC(CC)CCC)nc(OCCN5CCN(Cc6ccc(N(C(=N)c7cc(C(C)C)c(O)cc7O)C(N)=O)cc6)CC5)nc4c3F)c12.CCC. The number of nitrogens with zero attached hydrogens (tertiary/aromatic N) is 7. The van der Waals surface area contributed by atoms with Crippen molar-refractivity contribution in [3.8, 4) is 41.1 Å². The number of nitrogens with two attached hydrogens (primary N) is 1. The molecule has 1 saturated heterocycles. The number of amides is 2. The van der Waals surface area contributed by atoms with Crippen molar-refractivity contribution in [2.45, 2.75) is 86.6 Å². The fourth-order valence-electron chi connectivity index (χ4n) is 8.86. The number of terminal acetylenes is 1. The molecule has 69 heavy (non-hydrogen) atoms. The molecule has 4 aromatic carbocycles. The van der Waals surface area contributed by atoms with Crippen molar-refractivity contribution < 1.29 is 24.1 Å². The van der Waals surface area contributed by atoms with Crippen LogP contribution in [0.3, 0.4) is 0 Å². The molecule has 0 bridgehead atoms. The van der Waals surface area contributed by atoms with Gasteiger partial charge in [-0.3, -0.25) is 20.2 Å². The maximum atomic E-state index is 17.0. The molecule has 14 heteroatoms. The first-order valence-corrected chi connectivity index (χ1v) is 24.3. The van der Waals surface area contributed by atoms with E-state index in [2.05, 4.69) is 55.2 Å². The molecule has 1 aliphatic heterocycles. The Morgan fingerprint density at radius 2 is 1.64 bits per heavy atom. The number of phenols is 2. The number of benzene rings is 4. The van der Waals surface area contributed by atoms with Gasteiger partial charge in [-0.05, 0) is 66.0 Å². The van der Waals surface area contributed by atoms with Gasteiger partial charge in [0.2, 0.25) is 0 Å². The second-order valence-corrected chi connectivity index (χ2v) is 17.9. The van der Waals surface area contributed by atoms with Crippen LogP contribution in [0.4, 0.5) is 20.7 Å². The summed E-state index contributed by atoms with van der Waals surface area (Å²) < 4.78 is 23.3. The third-order valence-corrected chi connectivity index (χ3v) is 12.6. The molecule has 3 heterocycles. The zero-order chi connectivity index (χ0) is 49.8. The van der Waals surface area contributed by atoms with Crippen molar-refractivity contribution in [3.63, 3.8) is 0 Å². The predicted molar refractivity (Wildman–Crippen MR) is 277 cm³/mol. The summed E-state index contributed by atoms with van der Waals surface area (Å²) in [5, 5.41) is 31.9. The molecule has 0 radical (unpaired) electrons. The summed E-state index contributed by atoms with van der Waals surface area (Å²) in [6.07, 6.45) is 12.0. The molecule has 0 aliphatic carbocycles. The number of hydrogen-bond acceptors (Lipinski definition) is 11. The van der Waals surface area contributed by atoms with E-state index >= 15 is 4.39 Å². The van der Waals surface area contributed by atoms with Gasteiger partial charge in [-0.2, -0.15) is 9.97 Å². The number of urea groups is 1. The molecule has 13 nitrogen and oxygen atoms in total. The highest BCUT2D eigenvalue weighted by Gasteiger charge is 2.26. The molecular formula is C55H68FN9O4. The lowest BCUT2D eigenvalue weighted by Gasteiger charge is -2.34. The summed E-state index contributed by atoms with van der Waals surface area (Å²) in [7, 11) is 0. The summed E-state index contributed by atoms with van der Waals surface area (Å²) >= 11 is 0. The second kappa shape index (κ2) is 24.0. The van der Waals surface area contributed by atoms with Crippen LogP contribution in [0.25, 0.3) is 32.9 Å². The molecule has 2 amide bonds. The van der Waals surface area contributed by atoms with E-state index in [1.807, 2.05) is 62.4 Å². The van der Waals surface area contributed by atoms with Crippen LogP contribution in [0.5, 0.6) is 17.5 Å². The van der Waals surface area contributed by atoms with E-state index < -0.39 is 11.8 Å². The number of nitrogens with one attached hydrogen (secondary N) is 1. The lowest BCUT2D eigenvalue weighted by Crippen LogP contribution is -2.47. The lowest BCUT2D eigenvalue weighted by atomic mass is 9.96. The van der Waals surface area contributed by atoms with Crippen LogP contribution in [-0.4, -0.2) is 99.3 Å². The number of piperazine rings is 1. The lowest BCUT2D eigenvalue weighted by molar-refractivity contribution is 0.111. The minimum atomic E-state index is -0.871. The highest BCUT2D eigenvalue weighted by atomic mass is 19.1. The molecule has 1 unspecified atom stereocenters. The Kier molecular flexibility index (Phi) is 17.9. The number of anilines is 2. The van der Waals surface area contributed by atoms with Crippen molar-refractivity contribution >= 4 is 45.0 Å². The first-order chi connectivity index (χ1) is 33.3. The van der Waals surface area contributed by atoms with Gasteiger partial charge in [0.1, 0.15) is 41.0 Å². The zero-order valence-corrected chi connectivity index (χ0v) is 41.2. The Balaban J connectivity index is 0.00000254. The second-order valence-electron chi connectivity index (χ2n) is 17.9. The number of carbonyl (C=O) groups excluding carboxylic acids is 1. The van der Waals surface area contributed by atoms with Gasteiger partial charge in [0.25, 0.3) is 0 Å². The van der Waals surface area contributed by atoms with Crippen LogP contribution < -0.4 is 20.3 Å². The van der Waals surface area contributed by atoms with E-state index in [1.54, 1.807) is 18.3 Å². The molecule has 2 aromatic heterocycles. The monoisotopic (exact) mass is 938 g/mol. The molecule has 1 fully saturated rings. The van der Waals surface area contributed by atoms with E-state index in [1.165, 1.54) is 18.6 Å². The normalized spacial score (nSPS) is 13.4. The van der Waals surface area contributed by atoms with Crippen molar-refractivity contribution in [3.05, 3.63) is 107 Å². The van der Waals surface area contributed by atoms with Crippen molar-refractivity contribution in [1.82, 2.24) is 24.8 Å². The van der Waals surface area contributed by atoms with Gasteiger partial charge < -0.3 is 25.6 Å². The van der Waals surface area contributed by atoms with Crippen molar-refractivity contribution in [1.29, 1.82) is 5.41 Å². The van der Waals surface area contributed by atoms with Crippen LogP contribution >= 0.6 is 0 Å².